The quantitative estimate of drug-likeness (QED) is 0.625. The topological polar surface area (TPSA) is 66.5 Å². The van der Waals surface area contributed by atoms with Crippen LogP contribution in [0.5, 0.6) is 0 Å². The summed E-state index contributed by atoms with van der Waals surface area (Å²) in [5.74, 6) is -0.276. The van der Waals surface area contributed by atoms with Gasteiger partial charge in [-0.05, 0) is 5.56 Å². The molecule has 2 unspecified atom stereocenters. The summed E-state index contributed by atoms with van der Waals surface area (Å²) in [7, 11) is 0. The molecule has 1 aromatic carbocycles. The zero-order valence-corrected chi connectivity index (χ0v) is 7.43. The van der Waals surface area contributed by atoms with Crippen LogP contribution in [-0.4, -0.2) is 23.4 Å². The van der Waals surface area contributed by atoms with Crippen LogP contribution >= 0.6 is 0 Å². The Bertz CT molecular complexity index is 234. The predicted molar refractivity (Wildman–Crippen MR) is 51.0 cm³/mol. The Morgan fingerprint density at radius 3 is 2.31 bits per heavy atom. The van der Waals surface area contributed by atoms with Gasteiger partial charge in [0, 0.05) is 19.1 Å². The highest BCUT2D eigenvalue weighted by molar-refractivity contribution is 5.18. The largest absolute Gasteiger partial charge is 0.396 e. The van der Waals surface area contributed by atoms with Crippen LogP contribution in [0.3, 0.4) is 0 Å². The van der Waals surface area contributed by atoms with E-state index >= 15 is 0 Å². The first-order valence-corrected chi connectivity index (χ1v) is 4.33. The van der Waals surface area contributed by atoms with Crippen molar-refractivity contribution in [3.05, 3.63) is 35.9 Å². The number of hydrogen-bond acceptors (Lipinski definition) is 3. The number of aliphatic hydroxyl groups excluding tert-OH is 2. The molecule has 0 spiro atoms. The third kappa shape index (κ3) is 2.52. The molecule has 0 saturated heterocycles. The molecule has 13 heavy (non-hydrogen) atoms. The van der Waals surface area contributed by atoms with Crippen LogP contribution in [-0.2, 0) is 0 Å². The molecule has 72 valence electrons. The van der Waals surface area contributed by atoms with Crippen LogP contribution < -0.4 is 5.73 Å². The Morgan fingerprint density at radius 1 is 1.23 bits per heavy atom. The van der Waals surface area contributed by atoms with E-state index in [9.17, 15) is 5.11 Å². The van der Waals surface area contributed by atoms with Crippen molar-refractivity contribution < 1.29 is 10.2 Å². The molecular weight excluding hydrogens is 166 g/mol. The molecule has 2 atom stereocenters. The second-order valence-electron chi connectivity index (χ2n) is 3.03. The normalized spacial score (nSPS) is 15.3. The van der Waals surface area contributed by atoms with Crippen molar-refractivity contribution >= 4 is 0 Å². The van der Waals surface area contributed by atoms with Gasteiger partial charge in [-0.3, -0.25) is 0 Å². The van der Waals surface area contributed by atoms with E-state index in [-0.39, 0.29) is 19.1 Å². The average molecular weight is 181 g/mol. The van der Waals surface area contributed by atoms with E-state index in [4.69, 9.17) is 10.8 Å². The van der Waals surface area contributed by atoms with Gasteiger partial charge >= 0.3 is 0 Å². The summed E-state index contributed by atoms with van der Waals surface area (Å²) in [6.45, 7) is 0.194. The fourth-order valence-corrected chi connectivity index (χ4v) is 1.23. The third-order valence-corrected chi connectivity index (χ3v) is 2.12. The maximum Gasteiger partial charge on any atom is 0.0852 e. The molecule has 0 fully saturated rings. The highest BCUT2D eigenvalue weighted by atomic mass is 16.3. The monoisotopic (exact) mass is 181 g/mol. The molecule has 0 saturated carbocycles. The summed E-state index contributed by atoms with van der Waals surface area (Å²) in [5.41, 5.74) is 6.20. The number of benzene rings is 1. The molecule has 3 heteroatoms. The van der Waals surface area contributed by atoms with Crippen LogP contribution in [0.2, 0.25) is 0 Å². The molecule has 1 rings (SSSR count). The van der Waals surface area contributed by atoms with Gasteiger partial charge in [0.15, 0.2) is 0 Å². The Morgan fingerprint density at radius 2 is 1.85 bits per heavy atom. The summed E-state index contributed by atoms with van der Waals surface area (Å²) < 4.78 is 0. The summed E-state index contributed by atoms with van der Waals surface area (Å²) >= 11 is 0. The van der Waals surface area contributed by atoms with Gasteiger partial charge in [0.25, 0.3) is 0 Å². The second kappa shape index (κ2) is 4.97. The van der Waals surface area contributed by atoms with Gasteiger partial charge in [-0.25, -0.2) is 0 Å². The van der Waals surface area contributed by atoms with Crippen molar-refractivity contribution in [2.24, 2.45) is 11.7 Å². The van der Waals surface area contributed by atoms with E-state index in [1.165, 1.54) is 0 Å². The highest BCUT2D eigenvalue weighted by Gasteiger charge is 2.17. The van der Waals surface area contributed by atoms with Crippen LogP contribution in [0.4, 0.5) is 0 Å². The van der Waals surface area contributed by atoms with E-state index in [0.717, 1.165) is 5.56 Å². The Hall–Kier alpha value is -0.900. The zero-order chi connectivity index (χ0) is 9.68. The molecule has 0 aromatic heterocycles. The van der Waals surface area contributed by atoms with Crippen LogP contribution in [0.25, 0.3) is 0 Å². The van der Waals surface area contributed by atoms with E-state index in [2.05, 4.69) is 0 Å². The first kappa shape index (κ1) is 10.2. The van der Waals surface area contributed by atoms with Crippen LogP contribution in [0, 0.1) is 5.92 Å². The number of nitrogens with two attached hydrogens (primary N) is 1. The predicted octanol–water partition coefficient (Wildman–Crippen LogP) is 0.287. The van der Waals surface area contributed by atoms with E-state index in [0.29, 0.717) is 0 Å². The van der Waals surface area contributed by atoms with Crippen molar-refractivity contribution in [1.82, 2.24) is 0 Å². The van der Waals surface area contributed by atoms with Gasteiger partial charge in [-0.1, -0.05) is 30.3 Å². The Balaban J connectivity index is 2.72. The average Bonchev–Trinajstić information content (AvgIpc) is 2.21. The molecular formula is C10H15NO2. The minimum absolute atomic E-state index is 0.0907. The molecule has 0 bridgehead atoms. The molecule has 0 heterocycles. The first-order chi connectivity index (χ1) is 6.29. The standard InChI is InChI=1S/C10H15NO2/c11-6-9(7-12)10(13)8-4-2-1-3-5-8/h1-5,9-10,12-13H,6-7,11H2. The maximum absolute atomic E-state index is 9.74. The van der Waals surface area contributed by atoms with Gasteiger partial charge in [-0.15, -0.1) is 0 Å². The fraction of sp³-hybridized carbons (Fsp3) is 0.400. The summed E-state index contributed by atoms with van der Waals surface area (Å²) in [5, 5.41) is 18.7. The van der Waals surface area contributed by atoms with Crippen molar-refractivity contribution in [3.63, 3.8) is 0 Å². The summed E-state index contributed by atoms with van der Waals surface area (Å²) in [6.07, 6.45) is -0.670. The van der Waals surface area contributed by atoms with Crippen molar-refractivity contribution in [3.8, 4) is 0 Å². The lowest BCUT2D eigenvalue weighted by atomic mass is 9.97. The van der Waals surface area contributed by atoms with Crippen LogP contribution in [0.1, 0.15) is 11.7 Å². The zero-order valence-electron chi connectivity index (χ0n) is 7.43. The van der Waals surface area contributed by atoms with Crippen molar-refractivity contribution in [1.29, 1.82) is 0 Å². The molecule has 4 N–H and O–H groups in total. The van der Waals surface area contributed by atoms with Gasteiger partial charge in [0.1, 0.15) is 0 Å². The Labute approximate surface area is 77.8 Å². The SMILES string of the molecule is NCC(CO)C(O)c1ccccc1. The number of hydrogen-bond donors (Lipinski definition) is 3. The van der Waals surface area contributed by atoms with Crippen molar-refractivity contribution in [2.45, 2.75) is 6.10 Å². The highest BCUT2D eigenvalue weighted by Crippen LogP contribution is 2.20. The smallest absolute Gasteiger partial charge is 0.0852 e. The minimum Gasteiger partial charge on any atom is -0.396 e. The lowest BCUT2D eigenvalue weighted by molar-refractivity contribution is 0.0715. The van der Waals surface area contributed by atoms with Crippen molar-refractivity contribution in [2.75, 3.05) is 13.2 Å². The lowest BCUT2D eigenvalue weighted by Gasteiger charge is -2.19. The molecule has 0 radical (unpaired) electrons. The maximum atomic E-state index is 9.74. The van der Waals surface area contributed by atoms with Crippen LogP contribution in [0.15, 0.2) is 30.3 Å². The number of aliphatic hydroxyl groups is 2. The lowest BCUT2D eigenvalue weighted by Crippen LogP contribution is -2.25. The van der Waals surface area contributed by atoms with E-state index < -0.39 is 6.10 Å². The Kier molecular flexibility index (Phi) is 3.89. The van der Waals surface area contributed by atoms with Gasteiger partial charge in [0.05, 0.1) is 6.10 Å². The molecule has 3 nitrogen and oxygen atoms in total. The first-order valence-electron chi connectivity index (χ1n) is 4.33. The molecule has 0 aliphatic carbocycles. The minimum atomic E-state index is -0.670. The summed E-state index contributed by atoms with van der Waals surface area (Å²) in [4.78, 5) is 0. The molecule has 0 aliphatic rings. The molecule has 1 aromatic rings. The third-order valence-electron chi connectivity index (χ3n) is 2.12. The fourth-order valence-electron chi connectivity index (χ4n) is 1.23. The molecule has 0 aliphatic heterocycles. The van der Waals surface area contributed by atoms with Gasteiger partial charge < -0.3 is 15.9 Å². The molecule has 0 amide bonds. The second-order valence-corrected chi connectivity index (χ2v) is 3.03. The van der Waals surface area contributed by atoms with Gasteiger partial charge in [-0.2, -0.15) is 0 Å². The van der Waals surface area contributed by atoms with E-state index in [1.807, 2.05) is 30.3 Å². The number of rotatable bonds is 4. The van der Waals surface area contributed by atoms with E-state index in [1.54, 1.807) is 0 Å². The van der Waals surface area contributed by atoms with Gasteiger partial charge in [0.2, 0.25) is 0 Å². The summed E-state index contributed by atoms with van der Waals surface area (Å²) in [6, 6.07) is 9.23.